The molecule has 0 spiro atoms. The summed E-state index contributed by atoms with van der Waals surface area (Å²) in [6, 6.07) is 3.88. The number of piperazine rings is 1. The standard InChI is InChI=1S/C19H26ClN3O4S/c1-13(2)21-28(26,27)15-6-7-17(20)16(12-15)19(25)23-10-8-22(9-11-23)18(24)14-4-3-5-14/h6-7,12-14,21H,3-5,8-11H2,1-2H3. The number of nitrogens with one attached hydrogen (secondary N) is 1. The van der Waals surface area contributed by atoms with Crippen LogP contribution < -0.4 is 4.72 Å². The van der Waals surface area contributed by atoms with Crippen molar-refractivity contribution in [2.45, 2.75) is 44.0 Å². The topological polar surface area (TPSA) is 86.8 Å². The second-order valence-electron chi connectivity index (χ2n) is 7.66. The van der Waals surface area contributed by atoms with Crippen LogP contribution in [0.15, 0.2) is 23.1 Å². The summed E-state index contributed by atoms with van der Waals surface area (Å²) >= 11 is 6.19. The Balaban J connectivity index is 1.70. The molecule has 1 aliphatic heterocycles. The van der Waals surface area contributed by atoms with Crippen LogP contribution in [0.3, 0.4) is 0 Å². The maximum atomic E-state index is 12.9. The zero-order valence-corrected chi connectivity index (χ0v) is 17.7. The zero-order chi connectivity index (χ0) is 20.5. The van der Waals surface area contributed by atoms with Gasteiger partial charge in [-0.2, -0.15) is 0 Å². The summed E-state index contributed by atoms with van der Waals surface area (Å²) in [5.41, 5.74) is 0.159. The Bertz CT molecular complexity index is 860. The van der Waals surface area contributed by atoms with Gasteiger partial charge in [0.2, 0.25) is 15.9 Å². The van der Waals surface area contributed by atoms with Gasteiger partial charge in [0.1, 0.15) is 0 Å². The maximum Gasteiger partial charge on any atom is 0.255 e. The highest BCUT2D eigenvalue weighted by Crippen LogP contribution is 2.29. The van der Waals surface area contributed by atoms with E-state index in [4.69, 9.17) is 11.6 Å². The molecule has 1 aromatic rings. The molecule has 0 aromatic heterocycles. The Morgan fingerprint density at radius 2 is 1.71 bits per heavy atom. The first-order valence-corrected chi connectivity index (χ1v) is 11.4. The fourth-order valence-electron chi connectivity index (χ4n) is 3.43. The number of rotatable bonds is 5. The van der Waals surface area contributed by atoms with Crippen molar-refractivity contribution in [1.82, 2.24) is 14.5 Å². The minimum Gasteiger partial charge on any atom is -0.339 e. The Morgan fingerprint density at radius 3 is 2.25 bits per heavy atom. The summed E-state index contributed by atoms with van der Waals surface area (Å²) in [6.45, 7) is 5.26. The minimum absolute atomic E-state index is 0.00717. The first kappa shape index (κ1) is 21.1. The van der Waals surface area contributed by atoms with E-state index in [1.54, 1.807) is 18.7 Å². The fourth-order valence-corrected chi connectivity index (χ4v) is 4.90. The number of nitrogens with zero attached hydrogens (tertiary/aromatic N) is 2. The Hall–Kier alpha value is -1.64. The number of carbonyl (C=O) groups excluding carboxylic acids is 2. The number of hydrogen-bond acceptors (Lipinski definition) is 4. The van der Waals surface area contributed by atoms with Crippen LogP contribution in [0, 0.1) is 5.92 Å². The first-order chi connectivity index (χ1) is 13.2. The number of halogens is 1. The quantitative estimate of drug-likeness (QED) is 0.779. The molecule has 2 amide bonds. The zero-order valence-electron chi connectivity index (χ0n) is 16.2. The number of amides is 2. The van der Waals surface area contributed by atoms with Gasteiger partial charge in [-0.25, -0.2) is 13.1 Å². The van der Waals surface area contributed by atoms with Crippen molar-refractivity contribution in [2.75, 3.05) is 26.2 Å². The lowest BCUT2D eigenvalue weighted by molar-refractivity contribution is -0.139. The van der Waals surface area contributed by atoms with E-state index >= 15 is 0 Å². The average molecular weight is 428 g/mol. The van der Waals surface area contributed by atoms with Crippen molar-refractivity contribution in [1.29, 1.82) is 0 Å². The third-order valence-corrected chi connectivity index (χ3v) is 7.19. The van der Waals surface area contributed by atoms with Gasteiger partial charge in [0.25, 0.3) is 5.91 Å². The molecule has 9 heteroatoms. The molecule has 3 rings (SSSR count). The summed E-state index contributed by atoms with van der Waals surface area (Å²) < 4.78 is 27.3. The van der Waals surface area contributed by atoms with Crippen LogP contribution in [-0.2, 0) is 14.8 Å². The van der Waals surface area contributed by atoms with Crippen LogP contribution in [0.25, 0.3) is 0 Å². The van der Waals surface area contributed by atoms with Crippen LogP contribution in [-0.4, -0.2) is 62.3 Å². The summed E-state index contributed by atoms with van der Waals surface area (Å²) in [5.74, 6) is 0.0126. The van der Waals surface area contributed by atoms with E-state index in [1.807, 2.05) is 4.90 Å². The summed E-state index contributed by atoms with van der Waals surface area (Å²) in [6.07, 6.45) is 3.02. The monoisotopic (exact) mass is 427 g/mol. The van der Waals surface area contributed by atoms with Gasteiger partial charge in [-0.05, 0) is 44.9 Å². The van der Waals surface area contributed by atoms with Crippen molar-refractivity contribution in [3.63, 3.8) is 0 Å². The highest BCUT2D eigenvalue weighted by atomic mass is 35.5. The number of carbonyl (C=O) groups is 2. The first-order valence-electron chi connectivity index (χ1n) is 9.59. The van der Waals surface area contributed by atoms with Gasteiger partial charge in [0, 0.05) is 38.1 Å². The molecule has 0 unspecified atom stereocenters. The van der Waals surface area contributed by atoms with Crippen molar-refractivity contribution in [3.8, 4) is 0 Å². The molecule has 0 radical (unpaired) electrons. The van der Waals surface area contributed by atoms with E-state index in [0.29, 0.717) is 26.2 Å². The molecule has 28 heavy (non-hydrogen) atoms. The molecule has 2 fully saturated rings. The third-order valence-electron chi connectivity index (χ3n) is 5.20. The van der Waals surface area contributed by atoms with Crippen molar-refractivity contribution in [2.24, 2.45) is 5.92 Å². The maximum absolute atomic E-state index is 12.9. The van der Waals surface area contributed by atoms with E-state index in [-0.39, 0.29) is 39.3 Å². The Kier molecular flexibility index (Phi) is 6.31. The molecule has 1 N–H and O–H groups in total. The molecule has 1 heterocycles. The Labute approximate surface area is 171 Å². The van der Waals surface area contributed by atoms with Gasteiger partial charge in [-0.3, -0.25) is 9.59 Å². The molecule has 154 valence electrons. The highest BCUT2D eigenvalue weighted by Gasteiger charge is 2.32. The Morgan fingerprint density at radius 1 is 1.11 bits per heavy atom. The van der Waals surface area contributed by atoms with Gasteiger partial charge >= 0.3 is 0 Å². The van der Waals surface area contributed by atoms with Gasteiger partial charge in [0.15, 0.2) is 0 Å². The van der Waals surface area contributed by atoms with Crippen LogP contribution >= 0.6 is 11.6 Å². The SMILES string of the molecule is CC(C)NS(=O)(=O)c1ccc(Cl)c(C(=O)N2CCN(C(=O)C3CCC3)CC2)c1. The van der Waals surface area contributed by atoms with E-state index in [1.165, 1.54) is 18.2 Å². The fraction of sp³-hybridized carbons (Fsp3) is 0.579. The molecular weight excluding hydrogens is 402 g/mol. The lowest BCUT2D eigenvalue weighted by atomic mass is 9.84. The molecule has 1 saturated heterocycles. The van der Waals surface area contributed by atoms with Crippen LogP contribution in [0.2, 0.25) is 5.02 Å². The molecule has 1 aliphatic carbocycles. The lowest BCUT2D eigenvalue weighted by Gasteiger charge is -2.38. The second-order valence-corrected chi connectivity index (χ2v) is 9.78. The number of benzene rings is 1. The minimum atomic E-state index is -3.72. The van der Waals surface area contributed by atoms with E-state index < -0.39 is 10.0 Å². The van der Waals surface area contributed by atoms with E-state index in [2.05, 4.69) is 4.72 Å². The second kappa shape index (κ2) is 8.39. The van der Waals surface area contributed by atoms with Crippen LogP contribution in [0.4, 0.5) is 0 Å². The highest BCUT2D eigenvalue weighted by molar-refractivity contribution is 7.89. The number of hydrogen-bond donors (Lipinski definition) is 1. The molecule has 0 atom stereocenters. The summed E-state index contributed by atoms with van der Waals surface area (Å²) in [4.78, 5) is 28.7. The summed E-state index contributed by atoms with van der Waals surface area (Å²) in [5, 5.41) is 0.210. The molecule has 2 aliphatic rings. The van der Waals surface area contributed by atoms with Crippen LogP contribution in [0.1, 0.15) is 43.5 Å². The van der Waals surface area contributed by atoms with E-state index in [0.717, 1.165) is 19.3 Å². The van der Waals surface area contributed by atoms with Gasteiger partial charge in [-0.15, -0.1) is 0 Å². The smallest absolute Gasteiger partial charge is 0.255 e. The number of sulfonamides is 1. The third kappa shape index (κ3) is 4.50. The van der Waals surface area contributed by atoms with Gasteiger partial charge in [0.05, 0.1) is 15.5 Å². The van der Waals surface area contributed by atoms with Gasteiger partial charge in [-0.1, -0.05) is 18.0 Å². The van der Waals surface area contributed by atoms with Gasteiger partial charge < -0.3 is 9.80 Å². The van der Waals surface area contributed by atoms with E-state index in [9.17, 15) is 18.0 Å². The molecule has 0 bridgehead atoms. The molecular formula is C19H26ClN3O4S. The predicted octanol–water partition coefficient (Wildman–Crippen LogP) is 2.11. The van der Waals surface area contributed by atoms with Crippen molar-refractivity contribution in [3.05, 3.63) is 28.8 Å². The lowest BCUT2D eigenvalue weighted by Crippen LogP contribution is -2.52. The molecule has 1 saturated carbocycles. The van der Waals surface area contributed by atoms with Crippen LogP contribution in [0.5, 0.6) is 0 Å². The molecule has 1 aromatic carbocycles. The van der Waals surface area contributed by atoms with Crippen molar-refractivity contribution < 1.29 is 18.0 Å². The largest absolute Gasteiger partial charge is 0.339 e. The summed E-state index contributed by atoms with van der Waals surface area (Å²) in [7, 11) is -3.72. The molecule has 7 nitrogen and oxygen atoms in total. The predicted molar refractivity (Wildman–Crippen MR) is 107 cm³/mol. The average Bonchev–Trinajstić information content (AvgIpc) is 2.59. The van der Waals surface area contributed by atoms with Crippen molar-refractivity contribution >= 4 is 33.4 Å². The normalized spacial score (nSPS) is 18.3.